The molecule has 0 aromatic rings. The third-order valence-electron chi connectivity index (χ3n) is 5.42. The van der Waals surface area contributed by atoms with Crippen molar-refractivity contribution in [2.24, 2.45) is 11.3 Å². The molecule has 1 aliphatic carbocycles. The zero-order valence-electron chi connectivity index (χ0n) is 13.6. The average Bonchev–Trinajstić information content (AvgIpc) is 2.38. The Labute approximate surface area is 119 Å². The molecular formula is C16H33N3. The van der Waals surface area contributed by atoms with Crippen molar-refractivity contribution in [2.75, 3.05) is 40.3 Å². The summed E-state index contributed by atoms with van der Waals surface area (Å²) in [7, 11) is 4.39. The average molecular weight is 267 g/mol. The van der Waals surface area contributed by atoms with Crippen LogP contribution in [0.1, 0.15) is 40.0 Å². The molecule has 1 saturated carbocycles. The molecule has 1 saturated heterocycles. The van der Waals surface area contributed by atoms with Gasteiger partial charge in [-0.2, -0.15) is 0 Å². The molecule has 2 rings (SSSR count). The summed E-state index contributed by atoms with van der Waals surface area (Å²) in [6.45, 7) is 12.2. The first-order chi connectivity index (χ1) is 8.91. The highest BCUT2D eigenvalue weighted by molar-refractivity contribution is 4.94. The van der Waals surface area contributed by atoms with Gasteiger partial charge < -0.3 is 10.2 Å². The molecule has 2 aliphatic rings. The second-order valence-electron chi connectivity index (χ2n) is 7.68. The minimum absolute atomic E-state index is 0.462. The maximum absolute atomic E-state index is 3.58. The van der Waals surface area contributed by atoms with Crippen LogP contribution in [0.4, 0.5) is 0 Å². The van der Waals surface area contributed by atoms with Crippen LogP contribution in [-0.2, 0) is 0 Å². The summed E-state index contributed by atoms with van der Waals surface area (Å²) in [6.07, 6.45) is 4.10. The van der Waals surface area contributed by atoms with Gasteiger partial charge in [-0.1, -0.05) is 20.8 Å². The Morgan fingerprint density at radius 1 is 1.00 bits per heavy atom. The van der Waals surface area contributed by atoms with Crippen LogP contribution in [0, 0.1) is 11.3 Å². The van der Waals surface area contributed by atoms with Gasteiger partial charge in [0.25, 0.3) is 0 Å². The van der Waals surface area contributed by atoms with Gasteiger partial charge in [-0.25, -0.2) is 0 Å². The van der Waals surface area contributed by atoms with E-state index < -0.39 is 0 Å². The van der Waals surface area contributed by atoms with Crippen molar-refractivity contribution in [3.63, 3.8) is 0 Å². The van der Waals surface area contributed by atoms with E-state index in [1.807, 2.05) is 0 Å². The van der Waals surface area contributed by atoms with Crippen LogP contribution in [-0.4, -0.2) is 62.2 Å². The molecule has 0 bridgehead atoms. The smallest absolute Gasteiger partial charge is 0.0253 e. The Bertz CT molecular complexity index is 276. The Kier molecular flexibility index (Phi) is 4.91. The normalized spacial score (nSPS) is 35.5. The topological polar surface area (TPSA) is 18.5 Å². The quantitative estimate of drug-likeness (QED) is 0.826. The van der Waals surface area contributed by atoms with Crippen LogP contribution < -0.4 is 5.32 Å². The molecule has 0 radical (unpaired) electrons. The second kappa shape index (κ2) is 6.11. The molecule has 3 unspecified atom stereocenters. The van der Waals surface area contributed by atoms with Gasteiger partial charge in [-0.15, -0.1) is 0 Å². The van der Waals surface area contributed by atoms with E-state index in [9.17, 15) is 0 Å². The number of piperazine rings is 1. The van der Waals surface area contributed by atoms with Gasteiger partial charge in [0.1, 0.15) is 0 Å². The van der Waals surface area contributed by atoms with Gasteiger partial charge in [0.05, 0.1) is 0 Å². The number of nitrogens with zero attached hydrogens (tertiary/aromatic N) is 2. The molecule has 1 heterocycles. The summed E-state index contributed by atoms with van der Waals surface area (Å²) in [5.74, 6) is 0.877. The standard InChI is InChI=1S/C16H33N3/c1-16(2,3)13-6-7-14(17-4)15(12-13)19-10-8-18(5)9-11-19/h13-15,17H,6-12H2,1-5H3. The van der Waals surface area contributed by atoms with Gasteiger partial charge in [0, 0.05) is 38.3 Å². The molecule has 1 N–H and O–H groups in total. The number of nitrogens with one attached hydrogen (secondary N) is 1. The fraction of sp³-hybridized carbons (Fsp3) is 1.00. The van der Waals surface area contributed by atoms with Gasteiger partial charge in [-0.3, -0.25) is 4.90 Å². The van der Waals surface area contributed by atoms with E-state index in [0.717, 1.165) is 12.0 Å². The molecule has 0 aromatic carbocycles. The maximum atomic E-state index is 3.58. The fourth-order valence-electron chi connectivity index (χ4n) is 3.83. The molecule has 2 fully saturated rings. The summed E-state index contributed by atoms with van der Waals surface area (Å²) >= 11 is 0. The fourth-order valence-corrected chi connectivity index (χ4v) is 3.83. The van der Waals surface area contributed by atoms with E-state index in [-0.39, 0.29) is 0 Å². The zero-order chi connectivity index (χ0) is 14.0. The summed E-state index contributed by atoms with van der Waals surface area (Å²) in [6, 6.07) is 1.44. The van der Waals surface area contributed by atoms with Crippen LogP contribution in [0.2, 0.25) is 0 Å². The van der Waals surface area contributed by atoms with E-state index in [2.05, 4.69) is 50.0 Å². The third-order valence-corrected chi connectivity index (χ3v) is 5.42. The highest BCUT2D eigenvalue weighted by atomic mass is 15.3. The van der Waals surface area contributed by atoms with E-state index in [1.165, 1.54) is 45.4 Å². The van der Waals surface area contributed by atoms with Crippen molar-refractivity contribution >= 4 is 0 Å². The second-order valence-corrected chi connectivity index (χ2v) is 7.68. The first-order valence-electron chi connectivity index (χ1n) is 8.01. The van der Waals surface area contributed by atoms with Crippen molar-refractivity contribution in [1.29, 1.82) is 0 Å². The lowest BCUT2D eigenvalue weighted by Gasteiger charge is -2.48. The van der Waals surface area contributed by atoms with Crippen LogP contribution in [0.15, 0.2) is 0 Å². The minimum Gasteiger partial charge on any atom is -0.315 e. The molecule has 3 atom stereocenters. The van der Waals surface area contributed by atoms with Crippen LogP contribution in [0.3, 0.4) is 0 Å². The lowest BCUT2D eigenvalue weighted by molar-refractivity contribution is 0.0337. The predicted octanol–water partition coefficient (Wildman–Crippen LogP) is 2.04. The molecule has 19 heavy (non-hydrogen) atoms. The van der Waals surface area contributed by atoms with E-state index in [4.69, 9.17) is 0 Å². The van der Waals surface area contributed by atoms with Gasteiger partial charge >= 0.3 is 0 Å². The molecule has 1 aliphatic heterocycles. The van der Waals surface area contributed by atoms with E-state index >= 15 is 0 Å². The number of rotatable bonds is 2. The first-order valence-corrected chi connectivity index (χ1v) is 8.01. The Morgan fingerprint density at radius 2 is 1.63 bits per heavy atom. The highest BCUT2D eigenvalue weighted by Gasteiger charge is 2.38. The van der Waals surface area contributed by atoms with Crippen molar-refractivity contribution in [3.05, 3.63) is 0 Å². The molecule has 0 aromatic heterocycles. The lowest BCUT2D eigenvalue weighted by Crippen LogP contribution is -2.58. The summed E-state index contributed by atoms with van der Waals surface area (Å²) in [5, 5.41) is 3.58. The number of hydrogen-bond acceptors (Lipinski definition) is 3. The van der Waals surface area contributed by atoms with Gasteiger partial charge in [0.15, 0.2) is 0 Å². The monoisotopic (exact) mass is 267 g/mol. The van der Waals surface area contributed by atoms with Crippen LogP contribution >= 0.6 is 0 Å². The van der Waals surface area contributed by atoms with Gasteiger partial charge in [-0.05, 0) is 44.7 Å². The maximum Gasteiger partial charge on any atom is 0.0253 e. The molecule has 0 spiro atoms. The lowest BCUT2D eigenvalue weighted by atomic mass is 9.69. The summed E-state index contributed by atoms with van der Waals surface area (Å²) in [4.78, 5) is 5.20. The number of likely N-dealkylation sites (N-methyl/N-ethyl adjacent to an activating group) is 2. The van der Waals surface area contributed by atoms with Crippen LogP contribution in [0.25, 0.3) is 0 Å². The minimum atomic E-state index is 0.462. The number of hydrogen-bond donors (Lipinski definition) is 1. The van der Waals surface area contributed by atoms with Crippen molar-refractivity contribution in [3.8, 4) is 0 Å². The first kappa shape index (κ1) is 15.3. The van der Waals surface area contributed by atoms with Crippen molar-refractivity contribution in [1.82, 2.24) is 15.1 Å². The third kappa shape index (κ3) is 3.71. The zero-order valence-corrected chi connectivity index (χ0v) is 13.6. The molecular weight excluding hydrogens is 234 g/mol. The summed E-state index contributed by atoms with van der Waals surface area (Å²) in [5.41, 5.74) is 0.462. The van der Waals surface area contributed by atoms with Crippen LogP contribution in [0.5, 0.6) is 0 Å². The predicted molar refractivity (Wildman–Crippen MR) is 82.5 cm³/mol. The Hall–Kier alpha value is -0.120. The van der Waals surface area contributed by atoms with Gasteiger partial charge in [0.2, 0.25) is 0 Å². The highest BCUT2D eigenvalue weighted by Crippen LogP contribution is 2.39. The van der Waals surface area contributed by atoms with E-state index in [1.54, 1.807) is 0 Å². The van der Waals surface area contributed by atoms with E-state index in [0.29, 0.717) is 11.5 Å². The summed E-state index contributed by atoms with van der Waals surface area (Å²) < 4.78 is 0. The molecule has 0 amide bonds. The SMILES string of the molecule is CNC1CCC(C(C)(C)C)CC1N1CCN(C)CC1. The largest absolute Gasteiger partial charge is 0.315 e. The van der Waals surface area contributed by atoms with Crippen molar-refractivity contribution < 1.29 is 0 Å². The van der Waals surface area contributed by atoms with Crippen molar-refractivity contribution in [2.45, 2.75) is 52.1 Å². The molecule has 3 heteroatoms. The molecule has 112 valence electrons. The Balaban J connectivity index is 2.01. The molecule has 3 nitrogen and oxygen atoms in total. The Morgan fingerprint density at radius 3 is 2.16 bits per heavy atom.